The molecule has 1 rings (SSSR count). The minimum absolute atomic E-state index is 0.713. The van der Waals surface area contributed by atoms with Gasteiger partial charge in [-0.15, -0.1) is 0 Å². The highest BCUT2D eigenvalue weighted by atomic mass is 14.8. The quantitative estimate of drug-likeness (QED) is 0.812. The van der Waals surface area contributed by atoms with Crippen molar-refractivity contribution < 1.29 is 0 Å². The van der Waals surface area contributed by atoms with Gasteiger partial charge in [0.1, 0.15) is 0 Å². The molecule has 0 aliphatic carbocycles. The van der Waals surface area contributed by atoms with Gasteiger partial charge in [0.2, 0.25) is 0 Å². The largest absolute Gasteiger partial charge is 0.388 e. The molecular weight excluding hydrogens is 206 g/mol. The van der Waals surface area contributed by atoms with Gasteiger partial charge in [0, 0.05) is 12.7 Å². The Morgan fingerprint density at radius 2 is 1.47 bits per heavy atom. The van der Waals surface area contributed by atoms with E-state index in [0.29, 0.717) is 5.92 Å². The second-order valence-electron chi connectivity index (χ2n) is 5.41. The Bertz CT molecular complexity index is 371. The maximum Gasteiger partial charge on any atom is 0.0402 e. The van der Waals surface area contributed by atoms with Gasteiger partial charge < -0.3 is 5.32 Å². The van der Waals surface area contributed by atoms with Crippen molar-refractivity contribution in [1.29, 1.82) is 0 Å². The van der Waals surface area contributed by atoms with Crippen molar-refractivity contribution in [3.8, 4) is 0 Å². The Hall–Kier alpha value is -0.980. The van der Waals surface area contributed by atoms with E-state index in [0.717, 1.165) is 6.42 Å². The number of rotatable bonds is 4. The van der Waals surface area contributed by atoms with E-state index in [4.69, 9.17) is 0 Å². The topological polar surface area (TPSA) is 12.0 Å². The Labute approximate surface area is 107 Å². The predicted octanol–water partition coefficient (Wildman–Crippen LogP) is 4.41. The van der Waals surface area contributed by atoms with Gasteiger partial charge in [0.25, 0.3) is 0 Å². The van der Waals surface area contributed by atoms with Crippen LogP contribution in [0.25, 0.3) is 0 Å². The molecule has 0 radical (unpaired) electrons. The van der Waals surface area contributed by atoms with Gasteiger partial charge in [-0.2, -0.15) is 0 Å². The van der Waals surface area contributed by atoms with Crippen molar-refractivity contribution in [3.63, 3.8) is 0 Å². The first-order valence-corrected chi connectivity index (χ1v) is 6.73. The number of benzene rings is 1. The van der Waals surface area contributed by atoms with Crippen LogP contribution in [0.5, 0.6) is 0 Å². The third-order valence-electron chi connectivity index (χ3n) is 3.78. The van der Waals surface area contributed by atoms with Crippen molar-refractivity contribution in [3.05, 3.63) is 27.8 Å². The van der Waals surface area contributed by atoms with Crippen LogP contribution in [0.15, 0.2) is 0 Å². The summed E-state index contributed by atoms with van der Waals surface area (Å²) in [5, 5.41) is 3.38. The van der Waals surface area contributed by atoms with Crippen LogP contribution in [0, 0.1) is 26.7 Å². The molecule has 17 heavy (non-hydrogen) atoms. The van der Waals surface area contributed by atoms with Crippen LogP contribution in [0.2, 0.25) is 0 Å². The van der Waals surface area contributed by atoms with Crippen molar-refractivity contribution in [2.45, 2.75) is 54.4 Å². The second-order valence-corrected chi connectivity index (χ2v) is 5.41. The summed E-state index contributed by atoms with van der Waals surface area (Å²) in [6.07, 6.45) is 2.30. The molecule has 0 amide bonds. The summed E-state index contributed by atoms with van der Waals surface area (Å²) < 4.78 is 0. The normalized spacial score (nSPS) is 11.1. The van der Waals surface area contributed by atoms with Crippen LogP contribution in [-0.2, 0) is 12.8 Å². The standard InChI is InChI=1S/C16H27N/c1-8-14-11(4)15(9-10(2)3)13(6)16(17-7)12(14)5/h10,17H,8-9H2,1-7H3. The monoisotopic (exact) mass is 233 g/mol. The number of anilines is 1. The second kappa shape index (κ2) is 5.57. The van der Waals surface area contributed by atoms with Crippen LogP contribution in [0.1, 0.15) is 48.6 Å². The van der Waals surface area contributed by atoms with Gasteiger partial charge in [-0.3, -0.25) is 0 Å². The van der Waals surface area contributed by atoms with Crippen molar-refractivity contribution in [2.24, 2.45) is 5.92 Å². The van der Waals surface area contributed by atoms with Crippen LogP contribution in [0.3, 0.4) is 0 Å². The number of hydrogen-bond acceptors (Lipinski definition) is 1. The Balaban J connectivity index is 3.48. The summed E-state index contributed by atoms with van der Waals surface area (Å²) in [5.74, 6) is 0.713. The molecule has 0 aromatic heterocycles. The first-order chi connectivity index (χ1) is 7.93. The summed E-state index contributed by atoms with van der Waals surface area (Å²) in [7, 11) is 2.03. The molecule has 1 heteroatoms. The van der Waals surface area contributed by atoms with E-state index in [1.165, 1.54) is 34.4 Å². The molecule has 0 saturated carbocycles. The van der Waals surface area contributed by atoms with Gasteiger partial charge in [0.15, 0.2) is 0 Å². The summed E-state index contributed by atoms with van der Waals surface area (Å²) >= 11 is 0. The summed E-state index contributed by atoms with van der Waals surface area (Å²) in [6, 6.07) is 0. The van der Waals surface area contributed by atoms with Gasteiger partial charge in [-0.25, -0.2) is 0 Å². The average Bonchev–Trinajstić information content (AvgIpc) is 2.25. The van der Waals surface area contributed by atoms with Crippen LogP contribution >= 0.6 is 0 Å². The predicted molar refractivity (Wildman–Crippen MR) is 78.1 cm³/mol. The third-order valence-corrected chi connectivity index (χ3v) is 3.78. The van der Waals surface area contributed by atoms with Gasteiger partial charge in [0.05, 0.1) is 0 Å². The summed E-state index contributed by atoms with van der Waals surface area (Å²) in [4.78, 5) is 0. The van der Waals surface area contributed by atoms with Crippen molar-refractivity contribution in [2.75, 3.05) is 12.4 Å². The van der Waals surface area contributed by atoms with Gasteiger partial charge in [-0.1, -0.05) is 20.8 Å². The molecule has 0 spiro atoms. The molecule has 0 aliphatic rings. The zero-order valence-corrected chi connectivity index (χ0v) is 12.5. The molecule has 96 valence electrons. The fourth-order valence-electron chi connectivity index (χ4n) is 2.95. The molecule has 1 nitrogen and oxygen atoms in total. The van der Waals surface area contributed by atoms with Crippen LogP contribution in [-0.4, -0.2) is 7.05 Å². The van der Waals surface area contributed by atoms with Crippen LogP contribution < -0.4 is 5.32 Å². The first kappa shape index (κ1) is 14.1. The number of hydrogen-bond donors (Lipinski definition) is 1. The molecule has 0 aliphatic heterocycles. The molecular formula is C16H27N. The van der Waals surface area contributed by atoms with E-state index in [2.05, 4.69) is 46.9 Å². The Kier molecular flexibility index (Phi) is 4.62. The molecule has 0 bridgehead atoms. The summed E-state index contributed by atoms with van der Waals surface area (Å²) in [5.41, 5.74) is 8.78. The van der Waals surface area contributed by atoms with Crippen LogP contribution in [0.4, 0.5) is 5.69 Å². The zero-order chi connectivity index (χ0) is 13.2. The lowest BCUT2D eigenvalue weighted by Gasteiger charge is -2.22. The van der Waals surface area contributed by atoms with E-state index in [1.807, 2.05) is 7.05 Å². The lowest BCUT2D eigenvalue weighted by Crippen LogP contribution is -2.09. The van der Waals surface area contributed by atoms with E-state index in [9.17, 15) is 0 Å². The fourth-order valence-corrected chi connectivity index (χ4v) is 2.95. The first-order valence-electron chi connectivity index (χ1n) is 6.73. The minimum atomic E-state index is 0.713. The minimum Gasteiger partial charge on any atom is -0.388 e. The SMILES string of the molecule is CCc1c(C)c(CC(C)C)c(C)c(NC)c1C. The molecule has 1 N–H and O–H groups in total. The third kappa shape index (κ3) is 2.65. The molecule has 0 unspecified atom stereocenters. The van der Waals surface area contributed by atoms with Crippen molar-refractivity contribution >= 4 is 5.69 Å². The zero-order valence-electron chi connectivity index (χ0n) is 12.5. The van der Waals surface area contributed by atoms with E-state index >= 15 is 0 Å². The summed E-state index contributed by atoms with van der Waals surface area (Å²) in [6.45, 7) is 13.6. The highest BCUT2D eigenvalue weighted by molar-refractivity contribution is 5.65. The van der Waals surface area contributed by atoms with Gasteiger partial charge in [-0.05, 0) is 67.3 Å². The maximum absolute atomic E-state index is 3.38. The lowest BCUT2D eigenvalue weighted by molar-refractivity contribution is 0.641. The Morgan fingerprint density at radius 1 is 0.941 bits per heavy atom. The average molecular weight is 233 g/mol. The number of nitrogens with one attached hydrogen (secondary N) is 1. The molecule has 1 aromatic carbocycles. The molecule has 0 atom stereocenters. The van der Waals surface area contributed by atoms with E-state index in [-0.39, 0.29) is 0 Å². The molecule has 0 heterocycles. The highest BCUT2D eigenvalue weighted by Gasteiger charge is 2.15. The fraction of sp³-hybridized carbons (Fsp3) is 0.625. The lowest BCUT2D eigenvalue weighted by atomic mass is 9.86. The molecule has 1 aromatic rings. The van der Waals surface area contributed by atoms with Crippen molar-refractivity contribution in [1.82, 2.24) is 0 Å². The van der Waals surface area contributed by atoms with E-state index in [1.54, 1.807) is 5.56 Å². The maximum atomic E-state index is 3.38. The highest BCUT2D eigenvalue weighted by Crippen LogP contribution is 2.32. The molecule has 0 fully saturated rings. The molecule has 0 saturated heterocycles. The Morgan fingerprint density at radius 3 is 1.88 bits per heavy atom. The smallest absolute Gasteiger partial charge is 0.0402 e. The van der Waals surface area contributed by atoms with Gasteiger partial charge >= 0.3 is 0 Å². The van der Waals surface area contributed by atoms with E-state index < -0.39 is 0 Å².